The van der Waals surface area contributed by atoms with Crippen LogP contribution < -0.4 is 10.5 Å². The van der Waals surface area contributed by atoms with Crippen molar-refractivity contribution in [2.75, 3.05) is 5.73 Å². The van der Waals surface area contributed by atoms with Gasteiger partial charge in [-0.25, -0.2) is 0 Å². The Hall–Kier alpha value is -1.39. The summed E-state index contributed by atoms with van der Waals surface area (Å²) in [5, 5.41) is 0. The minimum Gasteiger partial charge on any atom is -0.406 e. The first-order chi connectivity index (χ1) is 6.29. The fourth-order valence-electron chi connectivity index (χ4n) is 1.05. The Balaban J connectivity index is 3.04. The van der Waals surface area contributed by atoms with Crippen LogP contribution in [0.25, 0.3) is 0 Å². The molecule has 0 amide bonds. The van der Waals surface area contributed by atoms with Crippen molar-refractivity contribution in [1.82, 2.24) is 0 Å². The number of ether oxygens (including phenoxy) is 1. The van der Waals surface area contributed by atoms with E-state index in [1.165, 1.54) is 19.1 Å². The van der Waals surface area contributed by atoms with E-state index in [0.717, 1.165) is 0 Å². The predicted molar refractivity (Wildman–Crippen MR) is 47.0 cm³/mol. The molecule has 2 nitrogen and oxygen atoms in total. The summed E-state index contributed by atoms with van der Waals surface area (Å²) in [6, 6.07) is 2.73. The Bertz CT molecular complexity index is 347. The summed E-state index contributed by atoms with van der Waals surface area (Å²) >= 11 is 0. The predicted octanol–water partition coefficient (Wildman–Crippen LogP) is 2.78. The number of alkyl halides is 3. The first-order valence-corrected chi connectivity index (χ1v) is 3.92. The zero-order chi connectivity index (χ0) is 10.9. The summed E-state index contributed by atoms with van der Waals surface area (Å²) < 4.78 is 39.5. The van der Waals surface area contributed by atoms with Crippen molar-refractivity contribution < 1.29 is 17.9 Å². The molecule has 1 aromatic carbocycles. The summed E-state index contributed by atoms with van der Waals surface area (Å²) in [5.41, 5.74) is 6.90. The number of benzene rings is 1. The molecule has 0 aliphatic rings. The van der Waals surface area contributed by atoms with Gasteiger partial charge in [-0.1, -0.05) is 0 Å². The largest absolute Gasteiger partial charge is 0.573 e. The zero-order valence-electron chi connectivity index (χ0n) is 7.77. The lowest BCUT2D eigenvalue weighted by atomic mass is 10.1. The monoisotopic (exact) mass is 205 g/mol. The van der Waals surface area contributed by atoms with Crippen molar-refractivity contribution in [1.29, 1.82) is 0 Å². The minimum absolute atomic E-state index is 0.204. The number of halogens is 3. The number of nitrogens with two attached hydrogens (primary N) is 1. The summed E-state index contributed by atoms with van der Waals surface area (Å²) in [4.78, 5) is 0. The van der Waals surface area contributed by atoms with Gasteiger partial charge in [0.1, 0.15) is 5.75 Å². The van der Waals surface area contributed by atoms with Crippen LogP contribution in [0, 0.1) is 13.8 Å². The molecular weight excluding hydrogens is 195 g/mol. The SMILES string of the molecule is Cc1cc(OC(F)(F)F)c(C)cc1N. The van der Waals surface area contributed by atoms with Gasteiger partial charge < -0.3 is 10.5 Å². The highest BCUT2D eigenvalue weighted by molar-refractivity contribution is 5.53. The molecule has 0 fully saturated rings. The van der Waals surface area contributed by atoms with Crippen LogP contribution in [-0.2, 0) is 0 Å². The number of nitrogen functional groups attached to an aromatic ring is 1. The Morgan fingerprint density at radius 2 is 1.71 bits per heavy atom. The highest BCUT2D eigenvalue weighted by atomic mass is 19.4. The Labute approximate surface area is 79.5 Å². The third-order valence-corrected chi connectivity index (χ3v) is 1.79. The van der Waals surface area contributed by atoms with E-state index >= 15 is 0 Å². The van der Waals surface area contributed by atoms with E-state index in [-0.39, 0.29) is 5.75 Å². The quantitative estimate of drug-likeness (QED) is 0.715. The fraction of sp³-hybridized carbons (Fsp3) is 0.333. The number of hydrogen-bond acceptors (Lipinski definition) is 2. The molecule has 0 spiro atoms. The highest BCUT2D eigenvalue weighted by Gasteiger charge is 2.31. The van der Waals surface area contributed by atoms with E-state index in [2.05, 4.69) is 4.74 Å². The van der Waals surface area contributed by atoms with Crippen molar-refractivity contribution in [3.8, 4) is 5.75 Å². The molecule has 1 rings (SSSR count). The topological polar surface area (TPSA) is 35.2 Å². The van der Waals surface area contributed by atoms with Gasteiger partial charge in [-0.3, -0.25) is 0 Å². The molecule has 5 heteroatoms. The third kappa shape index (κ3) is 2.55. The zero-order valence-corrected chi connectivity index (χ0v) is 7.77. The first kappa shape index (κ1) is 10.7. The minimum atomic E-state index is -4.66. The third-order valence-electron chi connectivity index (χ3n) is 1.79. The standard InChI is InChI=1S/C9H10F3NO/c1-5-4-8(14-9(10,11)12)6(2)3-7(5)13/h3-4H,13H2,1-2H3. The van der Waals surface area contributed by atoms with Gasteiger partial charge in [-0.15, -0.1) is 13.2 Å². The molecular formula is C9H10F3NO. The van der Waals surface area contributed by atoms with Gasteiger partial charge in [-0.05, 0) is 37.1 Å². The smallest absolute Gasteiger partial charge is 0.406 e. The van der Waals surface area contributed by atoms with Crippen LogP contribution in [0.15, 0.2) is 12.1 Å². The maximum Gasteiger partial charge on any atom is 0.573 e. The molecule has 0 saturated carbocycles. The Morgan fingerprint density at radius 3 is 2.21 bits per heavy atom. The lowest BCUT2D eigenvalue weighted by Gasteiger charge is -2.12. The second kappa shape index (κ2) is 3.40. The average Bonchev–Trinajstić information content (AvgIpc) is 1.97. The summed E-state index contributed by atoms with van der Waals surface area (Å²) in [6.45, 7) is 3.13. The molecule has 0 aliphatic heterocycles. The van der Waals surface area contributed by atoms with E-state index in [1.54, 1.807) is 6.92 Å². The van der Waals surface area contributed by atoms with Crippen molar-refractivity contribution in [2.45, 2.75) is 20.2 Å². The molecule has 0 unspecified atom stereocenters. The van der Waals surface area contributed by atoms with E-state index in [1.807, 2.05) is 0 Å². The molecule has 0 heterocycles. The number of hydrogen-bond donors (Lipinski definition) is 1. The van der Waals surface area contributed by atoms with Crippen LogP contribution in [0.4, 0.5) is 18.9 Å². The van der Waals surface area contributed by atoms with E-state index in [0.29, 0.717) is 16.8 Å². The van der Waals surface area contributed by atoms with Gasteiger partial charge in [0.05, 0.1) is 0 Å². The lowest BCUT2D eigenvalue weighted by Crippen LogP contribution is -2.18. The molecule has 1 aromatic rings. The fourth-order valence-corrected chi connectivity index (χ4v) is 1.05. The molecule has 0 atom stereocenters. The Kier molecular flexibility index (Phi) is 2.59. The summed E-state index contributed by atoms with van der Waals surface area (Å²) in [7, 11) is 0. The first-order valence-electron chi connectivity index (χ1n) is 3.92. The van der Waals surface area contributed by atoms with E-state index in [9.17, 15) is 13.2 Å². The maximum absolute atomic E-state index is 11.9. The van der Waals surface area contributed by atoms with Gasteiger partial charge in [0, 0.05) is 5.69 Å². The van der Waals surface area contributed by atoms with Crippen LogP contribution in [-0.4, -0.2) is 6.36 Å². The van der Waals surface area contributed by atoms with Crippen molar-refractivity contribution in [3.05, 3.63) is 23.3 Å². The molecule has 78 valence electrons. The van der Waals surface area contributed by atoms with E-state index in [4.69, 9.17) is 5.73 Å². The van der Waals surface area contributed by atoms with Crippen LogP contribution in [0.1, 0.15) is 11.1 Å². The molecule has 2 N–H and O–H groups in total. The van der Waals surface area contributed by atoms with Crippen LogP contribution in [0.5, 0.6) is 5.75 Å². The van der Waals surface area contributed by atoms with Gasteiger partial charge in [0.25, 0.3) is 0 Å². The van der Waals surface area contributed by atoms with Gasteiger partial charge in [-0.2, -0.15) is 0 Å². The summed E-state index contributed by atoms with van der Waals surface area (Å²) in [5.74, 6) is -0.204. The van der Waals surface area contributed by atoms with Crippen molar-refractivity contribution in [3.63, 3.8) is 0 Å². The van der Waals surface area contributed by atoms with Crippen LogP contribution in [0.2, 0.25) is 0 Å². The summed E-state index contributed by atoms with van der Waals surface area (Å²) in [6.07, 6.45) is -4.66. The molecule has 0 aliphatic carbocycles. The van der Waals surface area contributed by atoms with Crippen molar-refractivity contribution in [2.24, 2.45) is 0 Å². The molecule has 0 bridgehead atoms. The lowest BCUT2D eigenvalue weighted by molar-refractivity contribution is -0.274. The number of anilines is 1. The molecule has 0 radical (unpaired) electrons. The van der Waals surface area contributed by atoms with Gasteiger partial charge in [0.15, 0.2) is 0 Å². The Morgan fingerprint density at radius 1 is 1.14 bits per heavy atom. The van der Waals surface area contributed by atoms with Crippen LogP contribution in [0.3, 0.4) is 0 Å². The highest BCUT2D eigenvalue weighted by Crippen LogP contribution is 2.29. The van der Waals surface area contributed by atoms with Gasteiger partial charge in [0.2, 0.25) is 0 Å². The number of aryl methyl sites for hydroxylation is 2. The van der Waals surface area contributed by atoms with Crippen molar-refractivity contribution >= 4 is 5.69 Å². The average molecular weight is 205 g/mol. The van der Waals surface area contributed by atoms with E-state index < -0.39 is 6.36 Å². The molecule has 14 heavy (non-hydrogen) atoms. The second-order valence-electron chi connectivity index (χ2n) is 3.02. The molecule has 0 aromatic heterocycles. The normalized spacial score (nSPS) is 11.5. The maximum atomic E-state index is 11.9. The molecule has 0 saturated heterocycles. The number of rotatable bonds is 1. The van der Waals surface area contributed by atoms with Gasteiger partial charge >= 0.3 is 6.36 Å². The second-order valence-corrected chi connectivity index (χ2v) is 3.02. The van der Waals surface area contributed by atoms with Crippen LogP contribution >= 0.6 is 0 Å².